The van der Waals surface area contributed by atoms with Crippen molar-refractivity contribution in [1.82, 2.24) is 5.32 Å². The van der Waals surface area contributed by atoms with E-state index in [1.165, 1.54) is 12.8 Å². The van der Waals surface area contributed by atoms with Gasteiger partial charge in [-0.15, -0.1) is 0 Å². The molecular weight excluding hydrogens is 150 g/mol. The van der Waals surface area contributed by atoms with E-state index in [4.69, 9.17) is 0 Å². The Balaban J connectivity index is 3.42. The van der Waals surface area contributed by atoms with Crippen molar-refractivity contribution in [2.24, 2.45) is 0 Å². The Morgan fingerprint density at radius 2 is 1.92 bits per heavy atom. The van der Waals surface area contributed by atoms with Gasteiger partial charge in [0.05, 0.1) is 5.60 Å². The van der Waals surface area contributed by atoms with E-state index in [-0.39, 0.29) is 0 Å². The Morgan fingerprint density at radius 3 is 2.42 bits per heavy atom. The Bertz CT molecular complexity index is 102. The lowest BCUT2D eigenvalue weighted by atomic mass is 9.98. The molecule has 0 amide bonds. The number of unbranched alkanes of at least 4 members (excludes halogenated alkanes) is 2. The van der Waals surface area contributed by atoms with Gasteiger partial charge in [0.15, 0.2) is 0 Å². The number of nitrogens with one attached hydrogen (secondary N) is 1. The minimum Gasteiger partial charge on any atom is -0.389 e. The number of likely N-dealkylation sites (N-methyl/N-ethyl adjacent to an activating group) is 1. The first-order valence-electron chi connectivity index (χ1n) is 5.05. The van der Waals surface area contributed by atoms with Crippen molar-refractivity contribution in [2.75, 3.05) is 13.1 Å². The monoisotopic (exact) mass is 173 g/mol. The van der Waals surface area contributed by atoms with Crippen LogP contribution in [0.4, 0.5) is 0 Å². The normalized spacial score (nSPS) is 16.0. The van der Waals surface area contributed by atoms with Crippen molar-refractivity contribution in [1.29, 1.82) is 0 Å². The highest BCUT2D eigenvalue weighted by Gasteiger charge is 2.18. The smallest absolute Gasteiger partial charge is 0.0743 e. The maximum atomic E-state index is 9.81. The highest BCUT2D eigenvalue weighted by atomic mass is 16.3. The fourth-order valence-corrected chi connectivity index (χ4v) is 1.24. The summed E-state index contributed by atoms with van der Waals surface area (Å²) in [7, 11) is 0. The van der Waals surface area contributed by atoms with E-state index in [0.717, 1.165) is 19.4 Å². The van der Waals surface area contributed by atoms with Crippen LogP contribution in [0.25, 0.3) is 0 Å². The standard InChI is InChI=1S/C10H23NO/c1-4-6-7-8-10(3,12)9-11-5-2/h11-12H,4-9H2,1-3H3. The molecule has 0 saturated carbocycles. The number of hydrogen-bond donors (Lipinski definition) is 2. The molecule has 0 spiro atoms. The van der Waals surface area contributed by atoms with Gasteiger partial charge in [-0.05, 0) is 19.9 Å². The molecule has 0 aliphatic heterocycles. The molecule has 2 heteroatoms. The highest BCUT2D eigenvalue weighted by molar-refractivity contribution is 4.74. The molecule has 0 aromatic heterocycles. The average Bonchev–Trinajstić information content (AvgIpc) is 2.01. The second-order valence-electron chi connectivity index (χ2n) is 3.73. The summed E-state index contributed by atoms with van der Waals surface area (Å²) >= 11 is 0. The zero-order valence-corrected chi connectivity index (χ0v) is 8.69. The lowest BCUT2D eigenvalue weighted by Crippen LogP contribution is -2.37. The fraction of sp³-hybridized carbons (Fsp3) is 1.00. The topological polar surface area (TPSA) is 32.3 Å². The molecule has 2 nitrogen and oxygen atoms in total. The number of rotatable bonds is 7. The van der Waals surface area contributed by atoms with Crippen molar-refractivity contribution in [2.45, 2.75) is 52.1 Å². The van der Waals surface area contributed by atoms with Gasteiger partial charge in [-0.3, -0.25) is 0 Å². The van der Waals surface area contributed by atoms with Gasteiger partial charge in [-0.2, -0.15) is 0 Å². The molecule has 0 saturated heterocycles. The first-order chi connectivity index (χ1) is 5.62. The Morgan fingerprint density at radius 1 is 1.25 bits per heavy atom. The third-order valence-corrected chi connectivity index (χ3v) is 2.07. The third-order valence-electron chi connectivity index (χ3n) is 2.07. The average molecular weight is 173 g/mol. The van der Waals surface area contributed by atoms with Crippen LogP contribution < -0.4 is 5.32 Å². The summed E-state index contributed by atoms with van der Waals surface area (Å²) in [6.45, 7) is 7.80. The Labute approximate surface area is 76.4 Å². The van der Waals surface area contributed by atoms with Crippen LogP contribution in [-0.2, 0) is 0 Å². The van der Waals surface area contributed by atoms with Crippen LogP contribution in [0.1, 0.15) is 46.5 Å². The predicted octanol–water partition coefficient (Wildman–Crippen LogP) is 1.93. The van der Waals surface area contributed by atoms with E-state index in [9.17, 15) is 5.11 Å². The van der Waals surface area contributed by atoms with Crippen LogP contribution >= 0.6 is 0 Å². The largest absolute Gasteiger partial charge is 0.389 e. The van der Waals surface area contributed by atoms with Crippen LogP contribution in [0.2, 0.25) is 0 Å². The van der Waals surface area contributed by atoms with Crippen molar-refractivity contribution in [3.05, 3.63) is 0 Å². The summed E-state index contributed by atoms with van der Waals surface area (Å²) in [6.07, 6.45) is 4.49. The maximum absolute atomic E-state index is 9.81. The first kappa shape index (κ1) is 11.9. The summed E-state index contributed by atoms with van der Waals surface area (Å²) in [5, 5.41) is 13.0. The first-order valence-corrected chi connectivity index (χ1v) is 5.05. The van der Waals surface area contributed by atoms with E-state index < -0.39 is 5.60 Å². The fourth-order valence-electron chi connectivity index (χ4n) is 1.24. The second kappa shape index (κ2) is 6.44. The van der Waals surface area contributed by atoms with E-state index in [1.54, 1.807) is 0 Å². The van der Waals surface area contributed by atoms with E-state index in [2.05, 4.69) is 19.2 Å². The van der Waals surface area contributed by atoms with Gasteiger partial charge in [-0.1, -0.05) is 33.1 Å². The zero-order valence-electron chi connectivity index (χ0n) is 8.69. The van der Waals surface area contributed by atoms with Crippen molar-refractivity contribution in [3.8, 4) is 0 Å². The molecule has 0 bridgehead atoms. The maximum Gasteiger partial charge on any atom is 0.0743 e. The second-order valence-corrected chi connectivity index (χ2v) is 3.73. The van der Waals surface area contributed by atoms with Crippen molar-refractivity contribution < 1.29 is 5.11 Å². The molecule has 0 radical (unpaired) electrons. The quantitative estimate of drug-likeness (QED) is 0.577. The van der Waals surface area contributed by atoms with Crippen molar-refractivity contribution >= 4 is 0 Å². The molecule has 1 atom stereocenters. The zero-order chi connectivity index (χ0) is 9.45. The molecule has 0 aromatic carbocycles. The van der Waals surface area contributed by atoms with Crippen molar-refractivity contribution in [3.63, 3.8) is 0 Å². The van der Waals surface area contributed by atoms with Gasteiger partial charge >= 0.3 is 0 Å². The van der Waals surface area contributed by atoms with E-state index >= 15 is 0 Å². The van der Waals surface area contributed by atoms with E-state index in [1.807, 2.05) is 6.92 Å². The van der Waals surface area contributed by atoms with Crippen LogP contribution in [0.15, 0.2) is 0 Å². The summed E-state index contributed by atoms with van der Waals surface area (Å²) in [4.78, 5) is 0. The van der Waals surface area contributed by atoms with Gasteiger partial charge in [0.25, 0.3) is 0 Å². The molecule has 0 rings (SSSR count). The summed E-state index contributed by atoms with van der Waals surface area (Å²) < 4.78 is 0. The number of hydrogen-bond acceptors (Lipinski definition) is 2. The van der Waals surface area contributed by atoms with Crippen LogP contribution in [0.5, 0.6) is 0 Å². The van der Waals surface area contributed by atoms with Crippen LogP contribution in [-0.4, -0.2) is 23.8 Å². The van der Waals surface area contributed by atoms with Gasteiger partial charge in [0, 0.05) is 6.54 Å². The third kappa shape index (κ3) is 6.62. The minimum atomic E-state index is -0.509. The molecule has 0 aliphatic carbocycles. The molecule has 0 heterocycles. The molecule has 0 aliphatic rings. The summed E-state index contributed by atoms with van der Waals surface area (Å²) in [6, 6.07) is 0. The highest BCUT2D eigenvalue weighted by Crippen LogP contribution is 2.13. The van der Waals surface area contributed by atoms with Gasteiger partial charge in [0.1, 0.15) is 0 Å². The molecular formula is C10H23NO. The molecule has 74 valence electrons. The summed E-state index contributed by atoms with van der Waals surface area (Å²) in [5.41, 5.74) is -0.509. The lowest BCUT2D eigenvalue weighted by molar-refractivity contribution is 0.0487. The molecule has 1 unspecified atom stereocenters. The van der Waals surface area contributed by atoms with Crippen LogP contribution in [0, 0.1) is 0 Å². The SMILES string of the molecule is CCCCCC(C)(O)CNCC. The molecule has 0 fully saturated rings. The minimum absolute atomic E-state index is 0.509. The Hall–Kier alpha value is -0.0800. The Kier molecular flexibility index (Phi) is 6.39. The van der Waals surface area contributed by atoms with E-state index in [0.29, 0.717) is 6.54 Å². The summed E-state index contributed by atoms with van der Waals surface area (Å²) in [5.74, 6) is 0. The van der Waals surface area contributed by atoms with Crippen LogP contribution in [0.3, 0.4) is 0 Å². The molecule has 0 aromatic rings. The number of aliphatic hydroxyl groups is 1. The molecule has 12 heavy (non-hydrogen) atoms. The predicted molar refractivity (Wildman–Crippen MR) is 53.3 cm³/mol. The van der Waals surface area contributed by atoms with Gasteiger partial charge in [-0.25, -0.2) is 0 Å². The van der Waals surface area contributed by atoms with Gasteiger partial charge < -0.3 is 10.4 Å². The lowest BCUT2D eigenvalue weighted by Gasteiger charge is -2.23. The van der Waals surface area contributed by atoms with Gasteiger partial charge in [0.2, 0.25) is 0 Å². The molecule has 2 N–H and O–H groups in total.